The molecule has 0 radical (unpaired) electrons. The molecule has 1 atom stereocenters. The zero-order valence-electron chi connectivity index (χ0n) is 16.5. The van der Waals surface area contributed by atoms with E-state index in [2.05, 4.69) is 27.0 Å². The van der Waals surface area contributed by atoms with Gasteiger partial charge < -0.3 is 16.0 Å². The molecule has 0 saturated carbocycles. The van der Waals surface area contributed by atoms with Crippen molar-refractivity contribution in [2.45, 2.75) is 45.1 Å². The largest absolute Gasteiger partial charge is 0.361 e. The summed E-state index contributed by atoms with van der Waals surface area (Å²) in [6.07, 6.45) is 3.01. The number of anilines is 1. The number of amides is 1. The lowest BCUT2D eigenvalue weighted by Crippen LogP contribution is -2.36. The summed E-state index contributed by atoms with van der Waals surface area (Å²) in [6.45, 7) is 2.82. The van der Waals surface area contributed by atoms with E-state index in [9.17, 15) is 9.59 Å². The zero-order chi connectivity index (χ0) is 20.5. The van der Waals surface area contributed by atoms with E-state index in [-0.39, 0.29) is 17.3 Å². The lowest BCUT2D eigenvalue weighted by molar-refractivity contribution is -0.124. The van der Waals surface area contributed by atoms with Crippen LogP contribution in [0, 0.1) is 0 Å². The van der Waals surface area contributed by atoms with Crippen LogP contribution in [0.4, 0.5) is 5.82 Å². The molecule has 0 spiro atoms. The summed E-state index contributed by atoms with van der Waals surface area (Å²) in [5.74, 6) is 0.173. The summed E-state index contributed by atoms with van der Waals surface area (Å²) in [5.41, 5.74) is 2.97. The van der Waals surface area contributed by atoms with Crippen molar-refractivity contribution in [3.63, 3.8) is 0 Å². The minimum atomic E-state index is -0.485. The van der Waals surface area contributed by atoms with E-state index in [1.807, 2.05) is 30.3 Å². The second kappa shape index (κ2) is 8.04. The molecule has 7 nitrogen and oxygen atoms in total. The summed E-state index contributed by atoms with van der Waals surface area (Å²) in [4.78, 5) is 32.7. The molecule has 2 aliphatic rings. The Labute approximate surface area is 178 Å². The number of hydrogen-bond donors (Lipinski definition) is 3. The van der Waals surface area contributed by atoms with Crippen LogP contribution < -0.4 is 21.5 Å². The zero-order valence-corrected chi connectivity index (χ0v) is 17.3. The highest BCUT2D eigenvalue weighted by Crippen LogP contribution is 2.27. The van der Waals surface area contributed by atoms with Crippen molar-refractivity contribution < 1.29 is 4.79 Å². The molecule has 1 unspecified atom stereocenters. The molecule has 2 aromatic heterocycles. The van der Waals surface area contributed by atoms with Crippen molar-refractivity contribution in [3.05, 3.63) is 79.5 Å². The molecule has 8 heteroatoms. The number of thiophene rings is 1. The second-order valence-corrected chi connectivity index (χ2v) is 8.87. The predicted molar refractivity (Wildman–Crippen MR) is 116 cm³/mol. The van der Waals surface area contributed by atoms with E-state index in [1.165, 1.54) is 10.4 Å². The topological polar surface area (TPSA) is 88.1 Å². The van der Waals surface area contributed by atoms with Gasteiger partial charge in [-0.25, -0.2) is 4.98 Å². The number of nitrogens with zero attached hydrogens (tertiary/aromatic N) is 2. The number of nitrogens with one attached hydrogen (secondary N) is 3. The first kappa shape index (κ1) is 19.0. The van der Waals surface area contributed by atoms with Gasteiger partial charge in [-0.05, 0) is 30.0 Å². The molecule has 0 aliphatic carbocycles. The Kier molecular flexibility index (Phi) is 5.10. The van der Waals surface area contributed by atoms with E-state index < -0.39 is 6.04 Å². The molecule has 30 heavy (non-hydrogen) atoms. The first-order valence-electron chi connectivity index (χ1n) is 10.2. The van der Waals surface area contributed by atoms with Crippen molar-refractivity contribution in [1.29, 1.82) is 0 Å². The predicted octanol–water partition coefficient (Wildman–Crippen LogP) is 2.32. The molecule has 3 aromatic rings. The van der Waals surface area contributed by atoms with Crippen molar-refractivity contribution in [1.82, 2.24) is 20.2 Å². The van der Waals surface area contributed by atoms with Gasteiger partial charge in [0.1, 0.15) is 6.04 Å². The Hall–Kier alpha value is -2.97. The molecule has 0 bridgehead atoms. The van der Waals surface area contributed by atoms with Crippen LogP contribution in [0.5, 0.6) is 0 Å². The van der Waals surface area contributed by atoms with Crippen molar-refractivity contribution in [3.8, 4) is 0 Å². The van der Waals surface area contributed by atoms with Gasteiger partial charge in [-0.3, -0.25) is 14.2 Å². The minimum Gasteiger partial charge on any atom is -0.361 e. The van der Waals surface area contributed by atoms with Gasteiger partial charge in [0.15, 0.2) is 5.82 Å². The standard InChI is InChI=1S/C22H23N5O2S/c28-21(26-12-17-8-15-10-23-13-19(15)30-17)18-7-6-16-11-25-20(22(29)27(16)18)24-9-14-4-2-1-3-5-14/h1-5,8,11,18,23H,6-7,9-10,12-13H2,(H,24,25)(H,26,28). The van der Waals surface area contributed by atoms with Gasteiger partial charge in [0.2, 0.25) is 5.91 Å². The van der Waals surface area contributed by atoms with Crippen molar-refractivity contribution in [2.75, 3.05) is 5.32 Å². The summed E-state index contributed by atoms with van der Waals surface area (Å²) in [7, 11) is 0. The molecule has 1 aromatic carbocycles. The number of aromatic nitrogens is 2. The first-order chi connectivity index (χ1) is 14.7. The normalized spacial score (nSPS) is 16.9. The minimum absolute atomic E-state index is 0.109. The van der Waals surface area contributed by atoms with Crippen LogP contribution in [-0.4, -0.2) is 15.5 Å². The van der Waals surface area contributed by atoms with Gasteiger partial charge in [0.25, 0.3) is 5.56 Å². The van der Waals surface area contributed by atoms with Gasteiger partial charge in [0.05, 0.1) is 6.54 Å². The van der Waals surface area contributed by atoms with Crippen LogP contribution in [-0.2, 0) is 37.4 Å². The molecule has 0 saturated heterocycles. The third-order valence-corrected chi connectivity index (χ3v) is 6.83. The quantitative estimate of drug-likeness (QED) is 0.569. The molecular formula is C22H23N5O2S. The Morgan fingerprint density at radius 2 is 2.10 bits per heavy atom. The Balaban J connectivity index is 1.28. The number of rotatable bonds is 6. The monoisotopic (exact) mass is 421 g/mol. The van der Waals surface area contributed by atoms with E-state index in [4.69, 9.17) is 0 Å². The highest BCUT2D eigenvalue weighted by molar-refractivity contribution is 7.12. The average molecular weight is 422 g/mol. The van der Waals surface area contributed by atoms with Gasteiger partial charge >= 0.3 is 0 Å². The number of carbonyl (C=O) groups excluding carboxylic acids is 1. The lowest BCUT2D eigenvalue weighted by Gasteiger charge is -2.15. The number of aryl methyl sites for hydroxylation is 1. The smallest absolute Gasteiger partial charge is 0.294 e. The molecule has 2 aliphatic heterocycles. The first-order valence-corrected chi connectivity index (χ1v) is 11.0. The number of hydrogen-bond acceptors (Lipinski definition) is 6. The van der Waals surface area contributed by atoms with Gasteiger partial charge in [-0.1, -0.05) is 30.3 Å². The summed E-state index contributed by atoms with van der Waals surface area (Å²) in [5, 5.41) is 9.46. The summed E-state index contributed by atoms with van der Waals surface area (Å²) in [6, 6.07) is 11.5. The van der Waals surface area contributed by atoms with Crippen LogP contribution in [0.15, 0.2) is 47.4 Å². The van der Waals surface area contributed by atoms with Gasteiger partial charge in [-0.15, -0.1) is 11.3 Å². The fourth-order valence-corrected chi connectivity index (χ4v) is 5.21. The van der Waals surface area contributed by atoms with Gasteiger partial charge in [-0.2, -0.15) is 0 Å². The Morgan fingerprint density at radius 3 is 2.93 bits per heavy atom. The van der Waals surface area contributed by atoms with Crippen LogP contribution in [0.3, 0.4) is 0 Å². The highest BCUT2D eigenvalue weighted by atomic mass is 32.1. The van der Waals surface area contributed by atoms with E-state index in [0.717, 1.165) is 29.2 Å². The third-order valence-electron chi connectivity index (χ3n) is 5.65. The lowest BCUT2D eigenvalue weighted by atomic mass is 10.2. The maximum absolute atomic E-state index is 13.0. The van der Waals surface area contributed by atoms with Crippen molar-refractivity contribution in [2.24, 2.45) is 0 Å². The van der Waals surface area contributed by atoms with Crippen molar-refractivity contribution >= 4 is 23.1 Å². The fraction of sp³-hybridized carbons (Fsp3) is 0.318. The van der Waals surface area contributed by atoms with Crippen LogP contribution in [0.25, 0.3) is 0 Å². The Bertz CT molecular complexity index is 1120. The maximum atomic E-state index is 13.0. The number of fused-ring (bicyclic) bond motifs is 2. The molecule has 5 rings (SSSR count). The molecule has 154 valence electrons. The van der Waals surface area contributed by atoms with E-state index in [0.29, 0.717) is 25.9 Å². The fourth-order valence-electron chi connectivity index (χ4n) is 4.11. The second-order valence-electron chi connectivity index (χ2n) is 7.65. The molecule has 4 heterocycles. The summed E-state index contributed by atoms with van der Waals surface area (Å²) < 4.78 is 1.61. The van der Waals surface area contributed by atoms with Crippen LogP contribution in [0.1, 0.15) is 39.0 Å². The molecule has 0 fully saturated rings. The van der Waals surface area contributed by atoms with E-state index in [1.54, 1.807) is 22.1 Å². The SMILES string of the molecule is O=C(NCc1cc2c(s1)CNC2)C1CCc2cnc(NCc3ccccc3)c(=O)n21. The maximum Gasteiger partial charge on any atom is 0.294 e. The molecule has 1 amide bonds. The van der Waals surface area contributed by atoms with Crippen LogP contribution in [0.2, 0.25) is 0 Å². The number of benzene rings is 1. The summed E-state index contributed by atoms with van der Waals surface area (Å²) >= 11 is 1.74. The number of carbonyl (C=O) groups is 1. The highest BCUT2D eigenvalue weighted by Gasteiger charge is 2.30. The average Bonchev–Trinajstić information content (AvgIpc) is 3.47. The molecule has 3 N–H and O–H groups in total. The molecular weight excluding hydrogens is 398 g/mol. The third kappa shape index (κ3) is 3.64. The van der Waals surface area contributed by atoms with E-state index >= 15 is 0 Å². The van der Waals surface area contributed by atoms with Crippen LogP contribution >= 0.6 is 11.3 Å². The Morgan fingerprint density at radius 1 is 1.23 bits per heavy atom. The van der Waals surface area contributed by atoms with Gasteiger partial charge in [0, 0.05) is 41.3 Å².